The Morgan fingerprint density at radius 1 is 1.45 bits per heavy atom. The highest BCUT2D eigenvalue weighted by molar-refractivity contribution is 7.90. The predicted octanol–water partition coefficient (Wildman–Crippen LogP) is 2.50. The van der Waals surface area contributed by atoms with Gasteiger partial charge in [0.15, 0.2) is 0 Å². The van der Waals surface area contributed by atoms with Gasteiger partial charge in [-0.05, 0) is 25.5 Å². The summed E-state index contributed by atoms with van der Waals surface area (Å²) in [6, 6.07) is 7.95. The van der Waals surface area contributed by atoms with Crippen molar-refractivity contribution in [3.8, 4) is 0 Å². The number of thiazole rings is 1. The van der Waals surface area contributed by atoms with Crippen molar-refractivity contribution in [1.82, 2.24) is 9.71 Å². The first kappa shape index (κ1) is 15.9. The lowest BCUT2D eigenvalue weighted by atomic mass is 10.2. The van der Waals surface area contributed by atoms with Crippen LogP contribution in [0.4, 0.5) is 0 Å². The first-order chi connectivity index (χ1) is 10.5. The van der Waals surface area contributed by atoms with E-state index in [0.29, 0.717) is 19.6 Å². The number of nitrogens with one attached hydrogen (secondary N) is 1. The molecule has 0 saturated carbocycles. The summed E-state index contributed by atoms with van der Waals surface area (Å²) in [6.07, 6.45) is 0.321. The maximum atomic E-state index is 12.3. The molecule has 22 heavy (non-hydrogen) atoms. The van der Waals surface area contributed by atoms with Crippen LogP contribution in [0.3, 0.4) is 0 Å². The van der Waals surface area contributed by atoms with Gasteiger partial charge in [-0.15, -0.1) is 11.3 Å². The smallest absolute Gasteiger partial charge is 0.217 e. The third kappa shape index (κ3) is 3.17. The van der Waals surface area contributed by atoms with Crippen molar-refractivity contribution in [2.45, 2.75) is 37.5 Å². The summed E-state index contributed by atoms with van der Waals surface area (Å²) in [4.78, 5) is 4.58. The van der Waals surface area contributed by atoms with Crippen LogP contribution in [0.25, 0.3) is 10.2 Å². The Kier molecular flexibility index (Phi) is 4.49. The van der Waals surface area contributed by atoms with Crippen molar-refractivity contribution >= 4 is 31.6 Å². The first-order valence-corrected chi connectivity index (χ1v) is 9.79. The Labute approximate surface area is 134 Å². The van der Waals surface area contributed by atoms with Crippen molar-refractivity contribution in [2.75, 3.05) is 13.2 Å². The van der Waals surface area contributed by atoms with E-state index in [9.17, 15) is 8.42 Å². The van der Waals surface area contributed by atoms with Crippen LogP contribution in [-0.4, -0.2) is 37.9 Å². The van der Waals surface area contributed by atoms with Gasteiger partial charge in [0.1, 0.15) is 5.25 Å². The third-order valence-corrected chi connectivity index (χ3v) is 7.28. The number of para-hydroxylation sites is 1. The average molecular weight is 340 g/mol. The summed E-state index contributed by atoms with van der Waals surface area (Å²) in [7, 11) is -3.34. The van der Waals surface area contributed by atoms with E-state index in [-0.39, 0.29) is 12.0 Å². The molecule has 3 rings (SSSR count). The van der Waals surface area contributed by atoms with E-state index >= 15 is 0 Å². The fourth-order valence-electron chi connectivity index (χ4n) is 2.66. The minimum atomic E-state index is -3.34. The minimum absolute atomic E-state index is 0.0461. The fourth-order valence-corrected chi connectivity index (χ4v) is 5.36. The highest BCUT2D eigenvalue weighted by atomic mass is 32.2. The molecule has 0 radical (unpaired) electrons. The predicted molar refractivity (Wildman–Crippen MR) is 88.8 cm³/mol. The van der Waals surface area contributed by atoms with Gasteiger partial charge >= 0.3 is 0 Å². The Hall–Kier alpha value is -1.02. The molecular weight excluding hydrogens is 320 g/mol. The number of benzene rings is 1. The van der Waals surface area contributed by atoms with Gasteiger partial charge in [0.2, 0.25) is 10.0 Å². The van der Waals surface area contributed by atoms with Gasteiger partial charge in [0.25, 0.3) is 0 Å². The molecule has 1 saturated heterocycles. The van der Waals surface area contributed by atoms with Crippen LogP contribution in [0.2, 0.25) is 0 Å². The van der Waals surface area contributed by atoms with Crippen molar-refractivity contribution < 1.29 is 13.2 Å². The quantitative estimate of drug-likeness (QED) is 0.908. The van der Waals surface area contributed by atoms with Crippen LogP contribution in [0.1, 0.15) is 31.2 Å². The summed E-state index contributed by atoms with van der Waals surface area (Å²) >= 11 is 1.62. The van der Waals surface area contributed by atoms with Gasteiger partial charge in [-0.25, -0.2) is 18.1 Å². The Balaban J connectivity index is 1.67. The van der Waals surface area contributed by atoms with Crippen LogP contribution in [0.15, 0.2) is 24.3 Å². The zero-order chi connectivity index (χ0) is 15.7. The molecule has 2 aromatic rings. The van der Waals surface area contributed by atoms with Crippen LogP contribution >= 0.6 is 11.3 Å². The Bertz CT molecular complexity index is 724. The van der Waals surface area contributed by atoms with E-state index in [2.05, 4.69) is 9.71 Å². The highest BCUT2D eigenvalue weighted by Crippen LogP contribution is 2.27. The van der Waals surface area contributed by atoms with E-state index in [1.54, 1.807) is 11.3 Å². The van der Waals surface area contributed by atoms with Gasteiger partial charge in [-0.2, -0.15) is 0 Å². The summed E-state index contributed by atoms with van der Waals surface area (Å²) < 4.78 is 33.9. The Morgan fingerprint density at radius 2 is 2.23 bits per heavy atom. The molecule has 1 N–H and O–H groups in total. The molecule has 1 fully saturated rings. The summed E-state index contributed by atoms with van der Waals surface area (Å²) in [5, 5.41) is 0.509. The number of nitrogens with zero attached hydrogens (tertiary/aromatic N) is 1. The summed E-state index contributed by atoms with van der Waals surface area (Å²) in [5.41, 5.74) is 0.968. The molecule has 2 heterocycles. The van der Waals surface area contributed by atoms with Crippen LogP contribution < -0.4 is 4.72 Å². The van der Waals surface area contributed by atoms with Crippen molar-refractivity contribution in [2.24, 2.45) is 0 Å². The number of aromatic nitrogens is 1. The minimum Gasteiger partial charge on any atom is -0.377 e. The van der Waals surface area contributed by atoms with Gasteiger partial charge < -0.3 is 4.74 Å². The second-order valence-corrected chi connectivity index (χ2v) is 8.76. The standard InChI is InChI=1S/C15H20N2O3S2/c1-10(15-17-12-5-3-4-6-13(12)21-15)9-16-22(18,19)14-7-8-20-11(14)2/h3-6,10-11,14,16H,7-9H2,1-2H3/t10-,11-,14+/m1/s1. The molecule has 0 amide bonds. The lowest BCUT2D eigenvalue weighted by Crippen LogP contribution is -2.39. The fraction of sp³-hybridized carbons (Fsp3) is 0.533. The van der Waals surface area contributed by atoms with Crippen molar-refractivity contribution in [1.29, 1.82) is 0 Å². The molecule has 0 spiro atoms. The van der Waals surface area contributed by atoms with E-state index in [4.69, 9.17) is 4.74 Å². The number of rotatable bonds is 5. The number of hydrogen-bond acceptors (Lipinski definition) is 5. The highest BCUT2D eigenvalue weighted by Gasteiger charge is 2.35. The molecule has 1 aromatic heterocycles. The topological polar surface area (TPSA) is 68.3 Å². The largest absolute Gasteiger partial charge is 0.377 e. The molecule has 1 aliphatic heterocycles. The van der Waals surface area contributed by atoms with Crippen molar-refractivity contribution in [3.05, 3.63) is 29.3 Å². The summed E-state index contributed by atoms with van der Waals surface area (Å²) in [5.74, 6) is 0.0461. The van der Waals surface area contributed by atoms with Gasteiger partial charge in [-0.1, -0.05) is 19.1 Å². The van der Waals surface area contributed by atoms with Crippen LogP contribution in [0, 0.1) is 0 Å². The van der Waals surface area contributed by atoms with Crippen molar-refractivity contribution in [3.63, 3.8) is 0 Å². The monoisotopic (exact) mass is 340 g/mol. The molecule has 1 aromatic carbocycles. The lowest BCUT2D eigenvalue weighted by Gasteiger charge is -2.17. The van der Waals surface area contributed by atoms with E-state index in [1.165, 1.54) is 0 Å². The number of sulfonamides is 1. The molecular formula is C15H20N2O3S2. The number of hydrogen-bond donors (Lipinski definition) is 1. The first-order valence-electron chi connectivity index (χ1n) is 7.43. The molecule has 0 aliphatic carbocycles. The van der Waals surface area contributed by atoms with Gasteiger partial charge in [0.05, 0.1) is 21.3 Å². The normalized spacial score (nSPS) is 23.9. The number of ether oxygens (including phenoxy) is 1. The lowest BCUT2D eigenvalue weighted by molar-refractivity contribution is 0.126. The zero-order valence-corrected chi connectivity index (χ0v) is 14.3. The van der Waals surface area contributed by atoms with E-state index < -0.39 is 15.3 Å². The molecule has 1 aliphatic rings. The molecule has 0 unspecified atom stereocenters. The Morgan fingerprint density at radius 3 is 2.91 bits per heavy atom. The third-order valence-electron chi connectivity index (χ3n) is 4.03. The maximum absolute atomic E-state index is 12.3. The second kappa shape index (κ2) is 6.23. The van der Waals surface area contributed by atoms with Crippen LogP contribution in [-0.2, 0) is 14.8 Å². The number of fused-ring (bicyclic) bond motifs is 1. The van der Waals surface area contributed by atoms with Crippen LogP contribution in [0.5, 0.6) is 0 Å². The average Bonchev–Trinajstić information content (AvgIpc) is 3.10. The molecule has 7 heteroatoms. The van der Waals surface area contributed by atoms with Gasteiger partial charge in [0, 0.05) is 19.1 Å². The van der Waals surface area contributed by atoms with E-state index in [0.717, 1.165) is 15.2 Å². The maximum Gasteiger partial charge on any atom is 0.217 e. The summed E-state index contributed by atoms with van der Waals surface area (Å²) in [6.45, 7) is 4.69. The van der Waals surface area contributed by atoms with Gasteiger partial charge in [-0.3, -0.25) is 0 Å². The second-order valence-electron chi connectivity index (χ2n) is 5.72. The SMILES string of the molecule is C[C@H](CNS(=O)(=O)[C@H]1CCO[C@@H]1C)c1nc2ccccc2s1. The molecule has 5 nitrogen and oxygen atoms in total. The molecule has 120 valence electrons. The molecule has 0 bridgehead atoms. The molecule has 3 atom stereocenters. The zero-order valence-electron chi connectivity index (χ0n) is 12.7. The van der Waals surface area contributed by atoms with E-state index in [1.807, 2.05) is 38.1 Å².